The summed E-state index contributed by atoms with van der Waals surface area (Å²) in [4.78, 5) is 22.1. The summed E-state index contributed by atoms with van der Waals surface area (Å²) in [5.74, 6) is -1.74. The third-order valence-electron chi connectivity index (χ3n) is 2.14. The highest BCUT2D eigenvalue weighted by molar-refractivity contribution is 5.89. The first-order chi connectivity index (χ1) is 9.45. The van der Waals surface area contributed by atoms with E-state index < -0.39 is 18.0 Å². The lowest BCUT2D eigenvalue weighted by atomic mass is 10.3. The zero-order valence-corrected chi connectivity index (χ0v) is 9.89. The van der Waals surface area contributed by atoms with Crippen LogP contribution < -0.4 is 5.32 Å². The first-order valence-corrected chi connectivity index (χ1v) is 5.41. The van der Waals surface area contributed by atoms with Crippen LogP contribution >= 0.6 is 0 Å². The van der Waals surface area contributed by atoms with E-state index in [0.29, 0.717) is 5.82 Å². The van der Waals surface area contributed by atoms with Crippen LogP contribution in [0.2, 0.25) is 0 Å². The SMILES string of the molecule is O=C(CCc1noc(C(F)(F)F)n1)Nc1ccncn1. The van der Waals surface area contributed by atoms with Crippen LogP contribution in [-0.2, 0) is 17.4 Å². The Morgan fingerprint density at radius 2 is 2.20 bits per heavy atom. The van der Waals surface area contributed by atoms with E-state index in [0.717, 1.165) is 0 Å². The van der Waals surface area contributed by atoms with Crippen LogP contribution in [0.3, 0.4) is 0 Å². The van der Waals surface area contributed by atoms with Gasteiger partial charge in [0.05, 0.1) is 0 Å². The molecule has 0 spiro atoms. The van der Waals surface area contributed by atoms with Crippen molar-refractivity contribution < 1.29 is 22.5 Å². The van der Waals surface area contributed by atoms with Crippen LogP contribution in [0.15, 0.2) is 23.1 Å². The number of halogens is 3. The Labute approximate surface area is 110 Å². The molecule has 0 bridgehead atoms. The van der Waals surface area contributed by atoms with Gasteiger partial charge in [-0.2, -0.15) is 18.2 Å². The smallest absolute Gasteiger partial charge is 0.329 e. The lowest BCUT2D eigenvalue weighted by Crippen LogP contribution is -2.13. The number of hydrogen-bond acceptors (Lipinski definition) is 6. The molecular weight excluding hydrogens is 279 g/mol. The first-order valence-electron chi connectivity index (χ1n) is 5.41. The van der Waals surface area contributed by atoms with E-state index in [4.69, 9.17) is 0 Å². The number of anilines is 1. The molecule has 0 saturated heterocycles. The largest absolute Gasteiger partial charge is 0.471 e. The number of aryl methyl sites for hydroxylation is 1. The number of rotatable bonds is 4. The Kier molecular flexibility index (Phi) is 3.91. The molecule has 2 rings (SSSR count). The lowest BCUT2D eigenvalue weighted by molar-refractivity contribution is -0.159. The Bertz CT molecular complexity index is 584. The molecule has 1 amide bonds. The third-order valence-corrected chi connectivity index (χ3v) is 2.14. The highest BCUT2D eigenvalue weighted by atomic mass is 19.4. The monoisotopic (exact) mass is 287 g/mol. The van der Waals surface area contributed by atoms with Crippen LogP contribution in [0.5, 0.6) is 0 Å². The van der Waals surface area contributed by atoms with E-state index in [2.05, 4.69) is 29.9 Å². The standard InChI is InChI=1S/C10H8F3N5O2/c11-10(12,13)9-17-7(18-20-9)1-2-8(19)16-6-3-4-14-5-15-6/h3-5H,1-2H2,(H,14,15,16,19). The molecule has 0 aliphatic heterocycles. The number of nitrogens with zero attached hydrogens (tertiary/aromatic N) is 4. The quantitative estimate of drug-likeness (QED) is 0.914. The molecule has 0 aliphatic rings. The zero-order chi connectivity index (χ0) is 14.6. The summed E-state index contributed by atoms with van der Waals surface area (Å²) in [6.45, 7) is 0. The summed E-state index contributed by atoms with van der Waals surface area (Å²) in [6, 6.07) is 1.48. The second-order valence-corrected chi connectivity index (χ2v) is 3.66. The van der Waals surface area contributed by atoms with Gasteiger partial charge in [-0.15, -0.1) is 0 Å². The molecule has 0 aliphatic carbocycles. The van der Waals surface area contributed by atoms with Gasteiger partial charge < -0.3 is 9.84 Å². The molecule has 10 heteroatoms. The maximum Gasteiger partial charge on any atom is 0.471 e. The van der Waals surface area contributed by atoms with E-state index in [1.165, 1.54) is 18.6 Å². The van der Waals surface area contributed by atoms with Crippen molar-refractivity contribution in [3.63, 3.8) is 0 Å². The number of alkyl halides is 3. The molecule has 7 nitrogen and oxygen atoms in total. The second-order valence-electron chi connectivity index (χ2n) is 3.66. The minimum Gasteiger partial charge on any atom is -0.329 e. The van der Waals surface area contributed by atoms with Gasteiger partial charge in [-0.3, -0.25) is 4.79 Å². The topological polar surface area (TPSA) is 93.8 Å². The molecule has 2 aromatic heterocycles. The van der Waals surface area contributed by atoms with Crippen molar-refractivity contribution in [3.8, 4) is 0 Å². The minimum atomic E-state index is -4.69. The van der Waals surface area contributed by atoms with Crippen molar-refractivity contribution in [3.05, 3.63) is 30.3 Å². The van der Waals surface area contributed by atoms with Crippen LogP contribution in [0, 0.1) is 0 Å². The van der Waals surface area contributed by atoms with Gasteiger partial charge in [0.2, 0.25) is 5.91 Å². The highest BCUT2D eigenvalue weighted by Crippen LogP contribution is 2.27. The molecule has 0 atom stereocenters. The molecule has 0 saturated carbocycles. The Morgan fingerprint density at radius 3 is 2.80 bits per heavy atom. The fraction of sp³-hybridized carbons (Fsp3) is 0.300. The second kappa shape index (κ2) is 5.63. The maximum absolute atomic E-state index is 12.2. The maximum atomic E-state index is 12.2. The van der Waals surface area contributed by atoms with Crippen molar-refractivity contribution in [1.82, 2.24) is 20.1 Å². The number of hydrogen-bond donors (Lipinski definition) is 1. The summed E-state index contributed by atoms with van der Waals surface area (Å²) < 4.78 is 40.6. The summed E-state index contributed by atoms with van der Waals surface area (Å²) in [7, 11) is 0. The molecule has 106 valence electrons. The minimum absolute atomic E-state index is 0.0729. The molecule has 2 heterocycles. The zero-order valence-electron chi connectivity index (χ0n) is 9.89. The van der Waals surface area contributed by atoms with Gasteiger partial charge in [0.25, 0.3) is 0 Å². The summed E-state index contributed by atoms with van der Waals surface area (Å²) >= 11 is 0. The van der Waals surface area contributed by atoms with Crippen molar-refractivity contribution in [1.29, 1.82) is 0 Å². The van der Waals surface area contributed by atoms with E-state index in [1.807, 2.05) is 0 Å². The Morgan fingerprint density at radius 1 is 1.40 bits per heavy atom. The van der Waals surface area contributed by atoms with E-state index in [9.17, 15) is 18.0 Å². The van der Waals surface area contributed by atoms with E-state index >= 15 is 0 Å². The van der Waals surface area contributed by atoms with Gasteiger partial charge in [0.15, 0.2) is 5.82 Å². The van der Waals surface area contributed by atoms with Gasteiger partial charge in [-0.25, -0.2) is 9.97 Å². The van der Waals surface area contributed by atoms with Crippen LogP contribution in [0.4, 0.5) is 19.0 Å². The van der Waals surface area contributed by atoms with Gasteiger partial charge in [-0.1, -0.05) is 5.16 Å². The molecule has 0 aromatic carbocycles. The lowest BCUT2D eigenvalue weighted by Gasteiger charge is -2.01. The molecular formula is C10H8F3N5O2. The molecule has 1 N–H and O–H groups in total. The molecule has 2 aromatic rings. The average molecular weight is 287 g/mol. The van der Waals surface area contributed by atoms with Gasteiger partial charge in [-0.05, 0) is 6.07 Å². The summed E-state index contributed by atoms with van der Waals surface area (Å²) in [5, 5.41) is 5.60. The molecule has 0 fully saturated rings. The van der Waals surface area contributed by atoms with Crippen molar-refractivity contribution in [2.75, 3.05) is 5.32 Å². The predicted octanol–water partition coefficient (Wildman–Crippen LogP) is 1.45. The number of carbonyl (C=O) groups is 1. The van der Waals surface area contributed by atoms with Crippen LogP contribution in [0.25, 0.3) is 0 Å². The summed E-state index contributed by atoms with van der Waals surface area (Å²) in [5.41, 5.74) is 0. The Balaban J connectivity index is 1.86. The fourth-order valence-corrected chi connectivity index (χ4v) is 1.27. The number of carbonyl (C=O) groups excluding carboxylic acids is 1. The van der Waals surface area contributed by atoms with E-state index in [1.54, 1.807) is 0 Å². The number of nitrogens with one attached hydrogen (secondary N) is 1. The van der Waals surface area contributed by atoms with Crippen LogP contribution in [0.1, 0.15) is 18.1 Å². The van der Waals surface area contributed by atoms with Gasteiger partial charge >= 0.3 is 12.1 Å². The number of amides is 1. The van der Waals surface area contributed by atoms with Crippen LogP contribution in [-0.4, -0.2) is 26.0 Å². The van der Waals surface area contributed by atoms with Gasteiger partial charge in [0.1, 0.15) is 12.1 Å². The average Bonchev–Trinajstić information content (AvgIpc) is 2.86. The predicted molar refractivity (Wildman–Crippen MR) is 58.3 cm³/mol. The summed E-state index contributed by atoms with van der Waals surface area (Å²) in [6.07, 6.45) is -2.16. The molecule has 0 unspecified atom stereocenters. The normalized spacial score (nSPS) is 11.3. The van der Waals surface area contributed by atoms with Crippen molar-refractivity contribution >= 4 is 11.7 Å². The Hall–Kier alpha value is -2.52. The van der Waals surface area contributed by atoms with E-state index in [-0.39, 0.29) is 18.7 Å². The van der Waals surface area contributed by atoms with Crippen molar-refractivity contribution in [2.45, 2.75) is 19.0 Å². The first kappa shape index (κ1) is 13.9. The molecule has 0 radical (unpaired) electrons. The number of aromatic nitrogens is 4. The van der Waals surface area contributed by atoms with Gasteiger partial charge in [0, 0.05) is 19.0 Å². The van der Waals surface area contributed by atoms with Crippen molar-refractivity contribution in [2.24, 2.45) is 0 Å². The molecule has 20 heavy (non-hydrogen) atoms. The third kappa shape index (κ3) is 3.73. The highest BCUT2D eigenvalue weighted by Gasteiger charge is 2.38. The fourth-order valence-electron chi connectivity index (χ4n) is 1.27.